The monoisotopic (exact) mass is 495 g/mol. The van der Waals surface area contributed by atoms with Gasteiger partial charge in [-0.25, -0.2) is 4.98 Å². The Balaban J connectivity index is 1.51. The topological polar surface area (TPSA) is 134 Å². The average Bonchev–Trinajstić information content (AvgIpc) is 3.25. The number of H-pyrrole nitrogens is 2. The number of ketones is 1. The molecule has 186 valence electrons. The fraction of sp³-hybridized carbons (Fsp3) is 0.143. The van der Waals surface area contributed by atoms with E-state index in [2.05, 4.69) is 15.0 Å². The van der Waals surface area contributed by atoms with Gasteiger partial charge in [0.05, 0.1) is 29.0 Å². The Bertz CT molecular complexity index is 1710. The number of fused-ring (bicyclic) bond motifs is 2. The molecule has 37 heavy (non-hydrogen) atoms. The Morgan fingerprint density at radius 3 is 2.46 bits per heavy atom. The first kappa shape index (κ1) is 24.0. The second-order valence-electron chi connectivity index (χ2n) is 8.74. The highest BCUT2D eigenvalue weighted by Crippen LogP contribution is 2.31. The lowest BCUT2D eigenvalue weighted by Crippen LogP contribution is -2.29. The third-order valence-electron chi connectivity index (χ3n) is 6.29. The van der Waals surface area contributed by atoms with Crippen LogP contribution in [-0.2, 0) is 4.74 Å². The van der Waals surface area contributed by atoms with Gasteiger partial charge in [-0.2, -0.15) is 0 Å². The van der Waals surface area contributed by atoms with Crippen molar-refractivity contribution in [1.29, 1.82) is 0 Å². The highest BCUT2D eigenvalue weighted by Gasteiger charge is 2.19. The molecule has 0 spiro atoms. The summed E-state index contributed by atoms with van der Waals surface area (Å²) in [5, 5.41) is 0.617. The Kier molecular flexibility index (Phi) is 6.29. The molecular weight excluding hydrogens is 470 g/mol. The summed E-state index contributed by atoms with van der Waals surface area (Å²) in [5.74, 6) is -0.311. The molecule has 0 fully saturated rings. The molecule has 0 aliphatic heterocycles. The van der Waals surface area contributed by atoms with Gasteiger partial charge in [0, 0.05) is 48.3 Å². The molecule has 5 rings (SSSR count). The lowest BCUT2D eigenvalue weighted by Gasteiger charge is -2.16. The van der Waals surface area contributed by atoms with E-state index < -0.39 is 5.56 Å². The lowest BCUT2D eigenvalue weighted by molar-refractivity contribution is 0.0744. The van der Waals surface area contributed by atoms with E-state index >= 15 is 0 Å². The minimum atomic E-state index is -0.453. The van der Waals surface area contributed by atoms with E-state index in [1.165, 1.54) is 0 Å². The first-order valence-corrected chi connectivity index (χ1v) is 11.7. The van der Waals surface area contributed by atoms with Crippen molar-refractivity contribution in [3.05, 3.63) is 93.8 Å². The van der Waals surface area contributed by atoms with Crippen molar-refractivity contribution in [1.82, 2.24) is 19.9 Å². The van der Waals surface area contributed by atoms with Crippen molar-refractivity contribution in [2.24, 2.45) is 0 Å². The van der Waals surface area contributed by atoms with E-state index in [-0.39, 0.29) is 17.4 Å². The van der Waals surface area contributed by atoms with Gasteiger partial charge < -0.3 is 25.3 Å². The summed E-state index contributed by atoms with van der Waals surface area (Å²) in [7, 11) is 3.28. The van der Waals surface area contributed by atoms with Gasteiger partial charge in [-0.1, -0.05) is 30.3 Å². The number of methoxy groups -OCH3 is 1. The van der Waals surface area contributed by atoms with E-state index in [0.29, 0.717) is 63.2 Å². The third kappa shape index (κ3) is 4.48. The number of nitrogens with one attached hydrogen (secondary N) is 2. The number of nitrogen functional groups attached to an aromatic ring is 1. The van der Waals surface area contributed by atoms with Crippen LogP contribution in [0.2, 0.25) is 0 Å². The van der Waals surface area contributed by atoms with Gasteiger partial charge in [-0.05, 0) is 36.4 Å². The van der Waals surface area contributed by atoms with Crippen LogP contribution in [0, 0.1) is 0 Å². The number of benzene rings is 3. The van der Waals surface area contributed by atoms with E-state index in [9.17, 15) is 14.4 Å². The first-order chi connectivity index (χ1) is 17.9. The third-order valence-corrected chi connectivity index (χ3v) is 6.29. The standard InChI is InChI=1S/C28H25N5O4/c1-33(12-13-37-2)28(36)18-9-10-20-19(14-18)23(29)24(30-20)25-27(35)32-22-15-17(8-11-21(22)31-25)26(34)16-6-4-3-5-7-16/h3-11,14-15,30H,12-13,29H2,1-2H3,(H,32,35). The predicted octanol–water partition coefficient (Wildman–Crippen LogP) is 3.60. The molecule has 5 aromatic rings. The summed E-state index contributed by atoms with van der Waals surface area (Å²) in [4.78, 5) is 50.7. The van der Waals surface area contributed by atoms with E-state index in [1.807, 2.05) is 6.07 Å². The Morgan fingerprint density at radius 1 is 0.946 bits per heavy atom. The molecule has 1 amide bonds. The Morgan fingerprint density at radius 2 is 1.70 bits per heavy atom. The molecule has 4 N–H and O–H groups in total. The number of hydrogen-bond acceptors (Lipinski definition) is 6. The van der Waals surface area contributed by atoms with Gasteiger partial charge in [0.15, 0.2) is 11.5 Å². The van der Waals surface area contributed by atoms with Crippen molar-refractivity contribution in [2.75, 3.05) is 33.0 Å². The normalized spacial score (nSPS) is 11.2. The predicted molar refractivity (Wildman–Crippen MR) is 143 cm³/mol. The molecule has 2 aromatic heterocycles. The number of carbonyl (C=O) groups is 2. The number of nitrogens with zero attached hydrogens (tertiary/aromatic N) is 2. The highest BCUT2D eigenvalue weighted by atomic mass is 16.5. The number of likely N-dealkylation sites (N-methyl/N-ethyl adjacent to an activating group) is 1. The van der Waals surface area contributed by atoms with Gasteiger partial charge in [0.2, 0.25) is 0 Å². The van der Waals surface area contributed by atoms with Crippen LogP contribution in [0.3, 0.4) is 0 Å². The van der Waals surface area contributed by atoms with Gasteiger partial charge in [-0.3, -0.25) is 14.4 Å². The van der Waals surface area contributed by atoms with Gasteiger partial charge in [0.25, 0.3) is 11.5 Å². The van der Waals surface area contributed by atoms with Crippen molar-refractivity contribution in [2.45, 2.75) is 0 Å². The zero-order chi connectivity index (χ0) is 26.1. The highest BCUT2D eigenvalue weighted by molar-refractivity contribution is 6.10. The van der Waals surface area contributed by atoms with Gasteiger partial charge >= 0.3 is 0 Å². The summed E-state index contributed by atoms with van der Waals surface area (Å²) in [5.41, 5.74) is 9.87. The molecular formula is C28H25N5O4. The van der Waals surface area contributed by atoms with Crippen LogP contribution in [0.4, 0.5) is 5.69 Å². The van der Waals surface area contributed by atoms with Crippen molar-refractivity contribution in [3.8, 4) is 11.4 Å². The second kappa shape index (κ2) is 9.71. The molecule has 0 aliphatic rings. The van der Waals surface area contributed by atoms with Crippen molar-refractivity contribution >= 4 is 39.3 Å². The number of anilines is 1. The van der Waals surface area contributed by atoms with Crippen LogP contribution in [0.1, 0.15) is 26.3 Å². The summed E-state index contributed by atoms with van der Waals surface area (Å²) in [6.07, 6.45) is 0. The number of amides is 1. The quantitative estimate of drug-likeness (QED) is 0.295. The zero-order valence-electron chi connectivity index (χ0n) is 20.4. The Labute approximate surface area is 211 Å². The largest absolute Gasteiger partial charge is 0.396 e. The fourth-order valence-corrected chi connectivity index (χ4v) is 4.24. The molecule has 0 saturated heterocycles. The molecule has 2 heterocycles. The van der Waals surface area contributed by atoms with Crippen molar-refractivity contribution in [3.63, 3.8) is 0 Å². The molecule has 0 aliphatic carbocycles. The van der Waals surface area contributed by atoms with E-state index in [4.69, 9.17) is 10.5 Å². The molecule has 0 unspecified atom stereocenters. The first-order valence-electron chi connectivity index (χ1n) is 11.7. The molecule has 0 saturated carbocycles. The van der Waals surface area contributed by atoms with Crippen LogP contribution in [-0.4, -0.2) is 58.9 Å². The van der Waals surface area contributed by atoms with Crippen LogP contribution in [0.25, 0.3) is 33.3 Å². The second-order valence-corrected chi connectivity index (χ2v) is 8.74. The van der Waals surface area contributed by atoms with Crippen LogP contribution in [0.5, 0.6) is 0 Å². The van der Waals surface area contributed by atoms with Crippen LogP contribution >= 0.6 is 0 Å². The summed E-state index contributed by atoms with van der Waals surface area (Å²) < 4.78 is 5.05. The van der Waals surface area contributed by atoms with Gasteiger partial charge in [0.1, 0.15) is 0 Å². The maximum atomic E-state index is 13.0. The smallest absolute Gasteiger partial charge is 0.276 e. The molecule has 0 radical (unpaired) electrons. The molecule has 3 aromatic carbocycles. The molecule has 0 atom stereocenters. The summed E-state index contributed by atoms with van der Waals surface area (Å²) in [6.45, 7) is 0.884. The number of hydrogen-bond donors (Lipinski definition) is 3. The SMILES string of the molecule is COCCN(C)C(=O)c1ccc2[nH]c(-c3nc4ccc(C(=O)c5ccccc5)cc4[nH]c3=O)c(N)c2c1. The lowest BCUT2D eigenvalue weighted by atomic mass is 10.0. The summed E-state index contributed by atoms with van der Waals surface area (Å²) >= 11 is 0. The molecule has 9 nitrogen and oxygen atoms in total. The maximum absolute atomic E-state index is 13.0. The number of ether oxygens (including phenoxy) is 1. The number of aromatic amines is 2. The molecule has 9 heteroatoms. The zero-order valence-corrected chi connectivity index (χ0v) is 20.4. The number of aromatic nitrogens is 3. The van der Waals surface area contributed by atoms with Crippen LogP contribution in [0.15, 0.2) is 71.5 Å². The minimum absolute atomic E-state index is 0.119. The average molecular weight is 496 g/mol. The Hall–Kier alpha value is -4.76. The van der Waals surface area contributed by atoms with Crippen molar-refractivity contribution < 1.29 is 14.3 Å². The van der Waals surface area contributed by atoms with Gasteiger partial charge in [-0.15, -0.1) is 0 Å². The van der Waals surface area contributed by atoms with Crippen LogP contribution < -0.4 is 11.3 Å². The molecule has 0 bridgehead atoms. The fourth-order valence-electron chi connectivity index (χ4n) is 4.24. The van der Waals surface area contributed by atoms with E-state index in [1.54, 1.807) is 79.7 Å². The van der Waals surface area contributed by atoms with E-state index in [0.717, 1.165) is 0 Å². The summed E-state index contributed by atoms with van der Waals surface area (Å²) in [6, 6.07) is 19.1. The maximum Gasteiger partial charge on any atom is 0.276 e. The minimum Gasteiger partial charge on any atom is -0.396 e. The number of carbonyl (C=O) groups excluding carboxylic acids is 2. The number of rotatable bonds is 7. The number of nitrogens with two attached hydrogens (primary N) is 1.